The standard InChI is InChI=1S/C11H13N5O/c1-6-3-10(14-13-6)16-7(2)11-8(15-16)4-12-5-9(11)17/h3,12H,4-5H2,1-2H3,(H,13,14). The van der Waals surface area contributed by atoms with Gasteiger partial charge in [0.15, 0.2) is 11.6 Å². The van der Waals surface area contributed by atoms with E-state index in [1.807, 2.05) is 19.9 Å². The van der Waals surface area contributed by atoms with Crippen molar-refractivity contribution in [1.82, 2.24) is 25.3 Å². The van der Waals surface area contributed by atoms with Crippen LogP contribution in [0.2, 0.25) is 0 Å². The maximum Gasteiger partial charge on any atom is 0.180 e. The van der Waals surface area contributed by atoms with Gasteiger partial charge in [-0.3, -0.25) is 9.89 Å². The summed E-state index contributed by atoms with van der Waals surface area (Å²) in [7, 11) is 0. The summed E-state index contributed by atoms with van der Waals surface area (Å²) in [6, 6.07) is 1.91. The fraction of sp³-hybridized carbons (Fsp3) is 0.364. The maximum atomic E-state index is 11.8. The van der Waals surface area contributed by atoms with Gasteiger partial charge in [-0.1, -0.05) is 0 Å². The summed E-state index contributed by atoms with van der Waals surface area (Å²) in [5.41, 5.74) is 3.37. The molecule has 6 nitrogen and oxygen atoms in total. The number of aromatic amines is 1. The van der Waals surface area contributed by atoms with E-state index in [-0.39, 0.29) is 5.78 Å². The molecule has 88 valence electrons. The van der Waals surface area contributed by atoms with Gasteiger partial charge in [0.2, 0.25) is 0 Å². The zero-order valence-corrected chi connectivity index (χ0v) is 9.74. The smallest absolute Gasteiger partial charge is 0.180 e. The number of rotatable bonds is 1. The molecule has 0 saturated heterocycles. The Kier molecular flexibility index (Phi) is 2.12. The van der Waals surface area contributed by atoms with E-state index < -0.39 is 0 Å². The van der Waals surface area contributed by atoms with E-state index in [0.717, 1.165) is 28.5 Å². The third-order valence-electron chi connectivity index (χ3n) is 2.96. The van der Waals surface area contributed by atoms with Crippen LogP contribution in [0.25, 0.3) is 5.82 Å². The first-order valence-corrected chi connectivity index (χ1v) is 5.51. The molecule has 1 aliphatic heterocycles. The molecule has 0 amide bonds. The van der Waals surface area contributed by atoms with E-state index in [2.05, 4.69) is 20.6 Å². The van der Waals surface area contributed by atoms with Gasteiger partial charge in [-0.05, 0) is 13.8 Å². The van der Waals surface area contributed by atoms with Crippen LogP contribution in [0.1, 0.15) is 27.4 Å². The van der Waals surface area contributed by atoms with Crippen molar-refractivity contribution in [3.63, 3.8) is 0 Å². The molecule has 6 heteroatoms. The number of carbonyl (C=O) groups excluding carboxylic acids is 1. The molecule has 1 aliphatic rings. The Labute approximate surface area is 98.0 Å². The number of hydrogen-bond donors (Lipinski definition) is 2. The van der Waals surface area contributed by atoms with Crippen molar-refractivity contribution in [2.45, 2.75) is 20.4 Å². The van der Waals surface area contributed by atoms with E-state index in [9.17, 15) is 4.79 Å². The third-order valence-corrected chi connectivity index (χ3v) is 2.96. The van der Waals surface area contributed by atoms with Crippen LogP contribution in [-0.2, 0) is 6.54 Å². The molecule has 17 heavy (non-hydrogen) atoms. The summed E-state index contributed by atoms with van der Waals surface area (Å²) < 4.78 is 1.72. The lowest BCUT2D eigenvalue weighted by Crippen LogP contribution is -2.29. The average Bonchev–Trinajstić information content (AvgIpc) is 2.84. The summed E-state index contributed by atoms with van der Waals surface area (Å²) in [6.45, 7) is 4.86. The second-order valence-corrected chi connectivity index (χ2v) is 4.25. The minimum Gasteiger partial charge on any atom is -0.304 e. The molecule has 0 unspecified atom stereocenters. The number of ketones is 1. The van der Waals surface area contributed by atoms with Crippen LogP contribution in [0.3, 0.4) is 0 Å². The molecular formula is C11H13N5O. The number of carbonyl (C=O) groups is 1. The largest absolute Gasteiger partial charge is 0.304 e. The molecule has 0 aliphatic carbocycles. The van der Waals surface area contributed by atoms with E-state index in [1.54, 1.807) is 4.68 Å². The molecule has 2 aromatic heterocycles. The first kappa shape index (κ1) is 10.2. The molecule has 0 radical (unpaired) electrons. The normalized spacial score (nSPS) is 15.1. The maximum absolute atomic E-state index is 11.8. The number of hydrogen-bond acceptors (Lipinski definition) is 4. The van der Waals surface area contributed by atoms with Crippen molar-refractivity contribution in [1.29, 1.82) is 0 Å². The number of aryl methyl sites for hydroxylation is 1. The Morgan fingerprint density at radius 1 is 1.35 bits per heavy atom. The molecule has 2 aromatic rings. The van der Waals surface area contributed by atoms with Crippen LogP contribution in [0.15, 0.2) is 6.07 Å². The van der Waals surface area contributed by atoms with Crippen LogP contribution >= 0.6 is 0 Å². The molecule has 0 saturated carbocycles. The van der Waals surface area contributed by atoms with Gasteiger partial charge in [-0.2, -0.15) is 10.2 Å². The topological polar surface area (TPSA) is 75.6 Å². The highest BCUT2D eigenvalue weighted by atomic mass is 16.1. The first-order chi connectivity index (χ1) is 8.16. The zero-order valence-electron chi connectivity index (χ0n) is 9.74. The summed E-state index contributed by atoms with van der Waals surface area (Å²) in [6.07, 6.45) is 0. The Hall–Kier alpha value is -1.95. The summed E-state index contributed by atoms with van der Waals surface area (Å²) in [5.74, 6) is 0.824. The number of nitrogens with zero attached hydrogens (tertiary/aromatic N) is 3. The van der Waals surface area contributed by atoms with Gasteiger partial charge >= 0.3 is 0 Å². The van der Waals surface area contributed by atoms with Crippen molar-refractivity contribution in [3.8, 4) is 5.82 Å². The van der Waals surface area contributed by atoms with Crippen molar-refractivity contribution in [2.24, 2.45) is 0 Å². The van der Waals surface area contributed by atoms with Crippen LogP contribution in [0, 0.1) is 13.8 Å². The third kappa shape index (κ3) is 1.49. The summed E-state index contributed by atoms with van der Waals surface area (Å²) in [5, 5.41) is 14.5. The fourth-order valence-corrected chi connectivity index (χ4v) is 2.16. The van der Waals surface area contributed by atoms with Gasteiger partial charge in [-0.15, -0.1) is 0 Å². The van der Waals surface area contributed by atoms with Gasteiger partial charge in [0.25, 0.3) is 0 Å². The zero-order chi connectivity index (χ0) is 12.0. The number of H-pyrrole nitrogens is 1. The Morgan fingerprint density at radius 2 is 2.18 bits per heavy atom. The molecule has 3 heterocycles. The van der Waals surface area contributed by atoms with Crippen molar-refractivity contribution in [3.05, 3.63) is 28.7 Å². The summed E-state index contributed by atoms with van der Waals surface area (Å²) in [4.78, 5) is 11.8. The van der Waals surface area contributed by atoms with Gasteiger partial charge < -0.3 is 5.32 Å². The van der Waals surface area contributed by atoms with Gasteiger partial charge in [0, 0.05) is 18.3 Å². The molecule has 0 spiro atoms. The molecule has 2 N–H and O–H groups in total. The molecule has 0 aromatic carbocycles. The second kappa shape index (κ2) is 3.53. The van der Waals surface area contributed by atoms with Gasteiger partial charge in [0.05, 0.1) is 23.5 Å². The number of Topliss-reactive ketones (excluding diaryl/α,β-unsaturated/α-hetero) is 1. The molecule has 3 rings (SSSR count). The monoisotopic (exact) mass is 231 g/mol. The lowest BCUT2D eigenvalue weighted by atomic mass is 10.1. The minimum absolute atomic E-state index is 0.0993. The van der Waals surface area contributed by atoms with Crippen LogP contribution < -0.4 is 5.32 Å². The molecule has 0 atom stereocenters. The Balaban J connectivity index is 2.16. The number of aromatic nitrogens is 4. The van der Waals surface area contributed by atoms with Gasteiger partial charge in [-0.25, -0.2) is 4.68 Å². The first-order valence-electron chi connectivity index (χ1n) is 5.51. The van der Waals surface area contributed by atoms with Crippen LogP contribution in [0.4, 0.5) is 0 Å². The fourth-order valence-electron chi connectivity index (χ4n) is 2.16. The van der Waals surface area contributed by atoms with Crippen molar-refractivity contribution < 1.29 is 4.79 Å². The predicted octanol–water partition coefficient (Wildman–Crippen LogP) is 0.498. The van der Waals surface area contributed by atoms with Gasteiger partial charge in [0.1, 0.15) is 0 Å². The SMILES string of the molecule is Cc1cc(-n2nc3c(c2C)C(=O)CNC3)n[nH]1. The highest BCUT2D eigenvalue weighted by Gasteiger charge is 2.25. The van der Waals surface area contributed by atoms with Crippen molar-refractivity contribution >= 4 is 5.78 Å². The highest BCUT2D eigenvalue weighted by Crippen LogP contribution is 2.20. The number of nitrogens with one attached hydrogen (secondary N) is 2. The molecular weight excluding hydrogens is 218 g/mol. The second-order valence-electron chi connectivity index (χ2n) is 4.25. The van der Waals surface area contributed by atoms with E-state index in [1.165, 1.54) is 0 Å². The minimum atomic E-state index is 0.0993. The summed E-state index contributed by atoms with van der Waals surface area (Å²) >= 11 is 0. The molecule has 0 fully saturated rings. The lowest BCUT2D eigenvalue weighted by molar-refractivity contribution is 0.0981. The van der Waals surface area contributed by atoms with Crippen LogP contribution in [0.5, 0.6) is 0 Å². The van der Waals surface area contributed by atoms with E-state index in [4.69, 9.17) is 0 Å². The van der Waals surface area contributed by atoms with E-state index in [0.29, 0.717) is 13.1 Å². The quantitative estimate of drug-likeness (QED) is 0.749. The Morgan fingerprint density at radius 3 is 2.82 bits per heavy atom. The predicted molar refractivity (Wildman–Crippen MR) is 61.2 cm³/mol. The molecule has 0 bridgehead atoms. The highest BCUT2D eigenvalue weighted by molar-refractivity contribution is 6.00. The Bertz CT molecular complexity index is 595. The van der Waals surface area contributed by atoms with E-state index >= 15 is 0 Å². The number of fused-ring (bicyclic) bond motifs is 1. The van der Waals surface area contributed by atoms with Crippen molar-refractivity contribution in [2.75, 3.05) is 6.54 Å². The van der Waals surface area contributed by atoms with Crippen LogP contribution in [-0.4, -0.2) is 32.3 Å². The average molecular weight is 231 g/mol. The lowest BCUT2D eigenvalue weighted by Gasteiger charge is -2.09.